The number of aromatic nitrogens is 2. The number of para-hydroxylation sites is 1. The lowest BCUT2D eigenvalue weighted by atomic mass is 10.2. The average Bonchev–Trinajstić information content (AvgIpc) is 3.39. The minimum Gasteiger partial charge on any atom is -0.336 e. The molecule has 8 heteroatoms. The minimum absolute atomic E-state index is 0.00801. The number of hydrogen-bond acceptors (Lipinski definition) is 6. The smallest absolute Gasteiger partial charge is 0.228 e. The largest absolute Gasteiger partial charge is 0.336 e. The Morgan fingerprint density at radius 1 is 1.33 bits per heavy atom. The van der Waals surface area contributed by atoms with Crippen molar-refractivity contribution in [2.45, 2.75) is 32.2 Å². The van der Waals surface area contributed by atoms with Crippen molar-refractivity contribution in [1.82, 2.24) is 14.9 Å². The Labute approximate surface area is 165 Å². The molecule has 3 aromatic rings. The van der Waals surface area contributed by atoms with Gasteiger partial charge >= 0.3 is 0 Å². The standard InChI is InChI=1S/C19H20N4O2S2/c1-12(18-21-14-6-3-4-7-15(14)27-18)22(2)17(25)10-13-11-26-19(20-13)23-9-5-8-16(23)24/h3-4,6-7,11-12H,5,8-10H2,1-2H3/t12-/m1/s1. The Hall–Kier alpha value is -2.32. The summed E-state index contributed by atoms with van der Waals surface area (Å²) in [4.78, 5) is 37.2. The first kappa shape index (κ1) is 18.1. The van der Waals surface area contributed by atoms with Gasteiger partial charge in [0.1, 0.15) is 5.01 Å². The van der Waals surface area contributed by atoms with Crippen LogP contribution in [0.25, 0.3) is 10.2 Å². The summed E-state index contributed by atoms with van der Waals surface area (Å²) in [6.07, 6.45) is 1.68. The van der Waals surface area contributed by atoms with Crippen molar-refractivity contribution in [3.8, 4) is 0 Å². The molecule has 0 unspecified atom stereocenters. The maximum absolute atomic E-state index is 12.7. The fourth-order valence-electron chi connectivity index (χ4n) is 3.08. The lowest BCUT2D eigenvalue weighted by molar-refractivity contribution is -0.131. The molecule has 0 N–H and O–H groups in total. The molecule has 1 aliphatic heterocycles. The van der Waals surface area contributed by atoms with Crippen LogP contribution in [-0.4, -0.2) is 40.3 Å². The Kier molecular flexibility index (Phi) is 4.92. The first-order valence-electron chi connectivity index (χ1n) is 8.89. The van der Waals surface area contributed by atoms with Gasteiger partial charge in [-0.25, -0.2) is 9.97 Å². The van der Waals surface area contributed by atoms with E-state index in [2.05, 4.69) is 9.97 Å². The molecule has 0 bridgehead atoms. The molecule has 0 spiro atoms. The molecule has 1 fully saturated rings. The normalized spacial score (nSPS) is 15.5. The van der Waals surface area contributed by atoms with Crippen molar-refractivity contribution in [2.75, 3.05) is 18.5 Å². The van der Waals surface area contributed by atoms with E-state index >= 15 is 0 Å². The molecule has 4 rings (SSSR count). The topological polar surface area (TPSA) is 66.4 Å². The molecule has 1 aliphatic rings. The molecular weight excluding hydrogens is 380 g/mol. The Morgan fingerprint density at radius 2 is 2.15 bits per heavy atom. The summed E-state index contributed by atoms with van der Waals surface area (Å²) in [6.45, 7) is 2.71. The van der Waals surface area contributed by atoms with Crippen molar-refractivity contribution in [1.29, 1.82) is 0 Å². The summed E-state index contributed by atoms with van der Waals surface area (Å²) in [7, 11) is 1.80. The fourth-order valence-corrected chi connectivity index (χ4v) is 5.01. The maximum Gasteiger partial charge on any atom is 0.228 e. The van der Waals surface area contributed by atoms with Gasteiger partial charge in [-0.05, 0) is 25.5 Å². The van der Waals surface area contributed by atoms with Crippen LogP contribution in [0.4, 0.5) is 5.13 Å². The van der Waals surface area contributed by atoms with Gasteiger partial charge in [0.25, 0.3) is 0 Å². The lowest BCUT2D eigenvalue weighted by Gasteiger charge is -2.23. The van der Waals surface area contributed by atoms with Gasteiger partial charge in [0, 0.05) is 25.4 Å². The number of hydrogen-bond donors (Lipinski definition) is 0. The van der Waals surface area contributed by atoms with E-state index in [-0.39, 0.29) is 24.3 Å². The SMILES string of the molecule is C[C@H](c1nc2ccccc2s1)N(C)C(=O)Cc1csc(N2CCCC2=O)n1. The number of amides is 2. The molecule has 0 aliphatic carbocycles. The zero-order valence-electron chi connectivity index (χ0n) is 15.2. The van der Waals surface area contributed by atoms with E-state index in [0.717, 1.165) is 21.6 Å². The summed E-state index contributed by atoms with van der Waals surface area (Å²) in [5.74, 6) is 0.107. The second-order valence-electron chi connectivity index (χ2n) is 6.65. The summed E-state index contributed by atoms with van der Waals surface area (Å²) < 4.78 is 1.12. The minimum atomic E-state index is -0.104. The van der Waals surface area contributed by atoms with Crippen LogP contribution < -0.4 is 4.90 Å². The van der Waals surface area contributed by atoms with Crippen molar-refractivity contribution in [3.63, 3.8) is 0 Å². The highest BCUT2D eigenvalue weighted by Gasteiger charge is 2.25. The van der Waals surface area contributed by atoms with Gasteiger partial charge in [0.2, 0.25) is 11.8 Å². The van der Waals surface area contributed by atoms with E-state index in [9.17, 15) is 9.59 Å². The van der Waals surface area contributed by atoms with Crippen LogP contribution in [0, 0.1) is 0 Å². The van der Waals surface area contributed by atoms with Crippen LogP contribution in [0.2, 0.25) is 0 Å². The molecule has 0 saturated carbocycles. The first-order valence-corrected chi connectivity index (χ1v) is 10.6. The first-order chi connectivity index (χ1) is 13.0. The Bertz CT molecular complexity index is 963. The van der Waals surface area contributed by atoms with E-state index in [1.807, 2.05) is 36.6 Å². The maximum atomic E-state index is 12.7. The van der Waals surface area contributed by atoms with E-state index in [4.69, 9.17) is 0 Å². The summed E-state index contributed by atoms with van der Waals surface area (Å²) in [6, 6.07) is 7.89. The molecule has 140 valence electrons. The van der Waals surface area contributed by atoms with E-state index in [1.54, 1.807) is 28.2 Å². The highest BCUT2D eigenvalue weighted by atomic mass is 32.1. The van der Waals surface area contributed by atoms with Crippen LogP contribution in [0.3, 0.4) is 0 Å². The molecule has 2 amide bonds. The zero-order valence-corrected chi connectivity index (χ0v) is 16.8. The zero-order chi connectivity index (χ0) is 19.0. The van der Waals surface area contributed by atoms with Crippen molar-refractivity contribution in [3.05, 3.63) is 40.3 Å². The molecule has 3 heterocycles. The van der Waals surface area contributed by atoms with Crippen molar-refractivity contribution >= 4 is 49.8 Å². The molecule has 0 radical (unpaired) electrons. The highest BCUT2D eigenvalue weighted by Crippen LogP contribution is 2.30. The summed E-state index contributed by atoms with van der Waals surface area (Å²) in [5, 5.41) is 3.49. The van der Waals surface area contributed by atoms with Crippen molar-refractivity contribution in [2.24, 2.45) is 0 Å². The second kappa shape index (κ2) is 7.36. The van der Waals surface area contributed by atoms with Crippen LogP contribution in [0.1, 0.15) is 36.5 Å². The fraction of sp³-hybridized carbons (Fsp3) is 0.368. The monoisotopic (exact) mass is 400 g/mol. The molecule has 27 heavy (non-hydrogen) atoms. The number of nitrogens with zero attached hydrogens (tertiary/aromatic N) is 4. The molecule has 2 aromatic heterocycles. The Morgan fingerprint density at radius 3 is 2.89 bits per heavy atom. The van der Waals surface area contributed by atoms with Crippen LogP contribution >= 0.6 is 22.7 Å². The van der Waals surface area contributed by atoms with Gasteiger partial charge in [-0.3, -0.25) is 14.5 Å². The number of carbonyl (C=O) groups is 2. The van der Waals surface area contributed by atoms with Gasteiger partial charge in [0.15, 0.2) is 5.13 Å². The molecule has 1 aromatic carbocycles. The van der Waals surface area contributed by atoms with Crippen LogP contribution in [-0.2, 0) is 16.0 Å². The van der Waals surface area contributed by atoms with Crippen LogP contribution in [0.5, 0.6) is 0 Å². The summed E-state index contributed by atoms with van der Waals surface area (Å²) >= 11 is 3.04. The number of benzene rings is 1. The number of anilines is 1. The number of fused-ring (bicyclic) bond motifs is 1. The summed E-state index contributed by atoms with van der Waals surface area (Å²) in [5.41, 5.74) is 1.67. The third kappa shape index (κ3) is 3.59. The number of rotatable bonds is 5. The van der Waals surface area contributed by atoms with E-state index in [0.29, 0.717) is 23.8 Å². The Balaban J connectivity index is 1.44. The lowest BCUT2D eigenvalue weighted by Crippen LogP contribution is -2.31. The predicted octanol–water partition coefficient (Wildman–Crippen LogP) is 3.64. The molecule has 1 saturated heterocycles. The van der Waals surface area contributed by atoms with E-state index < -0.39 is 0 Å². The van der Waals surface area contributed by atoms with Gasteiger partial charge < -0.3 is 4.90 Å². The number of carbonyl (C=O) groups excluding carboxylic acids is 2. The molecule has 6 nitrogen and oxygen atoms in total. The molecule has 1 atom stereocenters. The van der Waals surface area contributed by atoms with Gasteiger partial charge in [0.05, 0.1) is 28.4 Å². The van der Waals surface area contributed by atoms with E-state index in [1.165, 1.54) is 11.3 Å². The average molecular weight is 401 g/mol. The highest BCUT2D eigenvalue weighted by molar-refractivity contribution is 7.18. The molecular formula is C19H20N4O2S2. The third-order valence-electron chi connectivity index (χ3n) is 4.82. The van der Waals surface area contributed by atoms with Gasteiger partial charge in [-0.2, -0.15) is 0 Å². The van der Waals surface area contributed by atoms with Gasteiger partial charge in [-0.1, -0.05) is 12.1 Å². The second-order valence-corrected chi connectivity index (χ2v) is 8.55. The van der Waals surface area contributed by atoms with Crippen LogP contribution in [0.15, 0.2) is 29.6 Å². The predicted molar refractivity (Wildman–Crippen MR) is 108 cm³/mol. The third-order valence-corrected chi connectivity index (χ3v) is 6.94. The van der Waals surface area contributed by atoms with Gasteiger partial charge in [-0.15, -0.1) is 22.7 Å². The quantitative estimate of drug-likeness (QED) is 0.656. The van der Waals surface area contributed by atoms with Crippen molar-refractivity contribution < 1.29 is 9.59 Å². The number of likely N-dealkylation sites (N-methyl/N-ethyl adjacent to an activating group) is 1. The number of thiazole rings is 2.